The standard InChI is InChI=1S/C38H52N2O3/c1-24-20-34-36(40(23-24)19-18-39-35(42)13-10-27-8-6-5-7-9-27)26(3)38(43-34)17-15-30-31-12-11-28-21-29(41)14-16-37(28,4)33(31)22-32(30)25(38)2/h5-9,11,24,26,30-31,33-34,36H,10,12-23H2,1-4H3,(H,39,42). The Balaban J connectivity index is 1.05. The van der Waals surface area contributed by atoms with Crippen LogP contribution in [0, 0.1) is 35.0 Å². The lowest BCUT2D eigenvalue weighted by Gasteiger charge is -2.47. The second-order valence-corrected chi connectivity index (χ2v) is 15.4. The van der Waals surface area contributed by atoms with Crippen LogP contribution in [0.3, 0.4) is 0 Å². The lowest BCUT2D eigenvalue weighted by molar-refractivity contribution is -0.122. The number of carbonyl (C=O) groups excluding carboxylic acids is 2. The van der Waals surface area contributed by atoms with Crippen LogP contribution in [-0.4, -0.2) is 54.0 Å². The number of piperidine rings is 1. The van der Waals surface area contributed by atoms with E-state index in [0.717, 1.165) is 57.5 Å². The summed E-state index contributed by atoms with van der Waals surface area (Å²) in [5.41, 5.74) is 5.97. The van der Waals surface area contributed by atoms with Crippen molar-refractivity contribution in [1.82, 2.24) is 10.2 Å². The Morgan fingerprint density at radius 3 is 2.79 bits per heavy atom. The third-order valence-electron chi connectivity index (χ3n) is 13.2. The van der Waals surface area contributed by atoms with Gasteiger partial charge < -0.3 is 10.1 Å². The maximum atomic E-state index is 12.7. The minimum atomic E-state index is -0.157. The topological polar surface area (TPSA) is 58.6 Å². The first kappa shape index (κ1) is 29.5. The minimum Gasteiger partial charge on any atom is -0.365 e. The van der Waals surface area contributed by atoms with Gasteiger partial charge in [-0.3, -0.25) is 14.5 Å². The van der Waals surface area contributed by atoms with E-state index in [4.69, 9.17) is 4.74 Å². The van der Waals surface area contributed by atoms with E-state index in [1.165, 1.54) is 24.0 Å². The molecule has 9 unspecified atom stereocenters. The highest BCUT2D eigenvalue weighted by Gasteiger charge is 2.61. The average molecular weight is 585 g/mol. The number of nitrogens with one attached hydrogen (secondary N) is 1. The van der Waals surface area contributed by atoms with Crippen LogP contribution in [0.25, 0.3) is 0 Å². The summed E-state index contributed by atoms with van der Waals surface area (Å²) in [5.74, 6) is 3.70. The van der Waals surface area contributed by atoms with E-state index in [1.54, 1.807) is 11.1 Å². The molecule has 232 valence electrons. The van der Waals surface area contributed by atoms with Gasteiger partial charge in [0, 0.05) is 50.9 Å². The number of aryl methyl sites for hydroxylation is 1. The maximum Gasteiger partial charge on any atom is 0.220 e. The molecule has 2 saturated carbocycles. The molecule has 2 heterocycles. The number of rotatable bonds is 6. The van der Waals surface area contributed by atoms with Gasteiger partial charge in [-0.2, -0.15) is 0 Å². The molecule has 9 atom stereocenters. The molecule has 1 N–H and O–H groups in total. The SMILES string of the molecule is CC1=C2CC3C(CC=C4CC(=O)CCC43C)C2CCC12OC1CC(C)CN(CCNC(=O)CCc3ccccc3)C1C2C. The van der Waals surface area contributed by atoms with Crippen LogP contribution >= 0.6 is 0 Å². The van der Waals surface area contributed by atoms with Gasteiger partial charge in [0.1, 0.15) is 5.78 Å². The van der Waals surface area contributed by atoms with Crippen LogP contribution in [0.5, 0.6) is 0 Å². The number of fused-ring (bicyclic) bond motifs is 6. The molecule has 4 fully saturated rings. The molecule has 2 aliphatic heterocycles. The van der Waals surface area contributed by atoms with Crippen molar-refractivity contribution in [2.24, 2.45) is 35.0 Å². The Kier molecular flexibility index (Phi) is 7.73. The summed E-state index contributed by atoms with van der Waals surface area (Å²) < 4.78 is 7.30. The summed E-state index contributed by atoms with van der Waals surface area (Å²) in [5, 5.41) is 3.22. The van der Waals surface area contributed by atoms with Gasteiger partial charge in [0.05, 0.1) is 11.7 Å². The number of ketones is 1. The van der Waals surface area contributed by atoms with Crippen molar-refractivity contribution in [2.75, 3.05) is 19.6 Å². The monoisotopic (exact) mass is 584 g/mol. The molecule has 1 aromatic rings. The third-order valence-corrected chi connectivity index (χ3v) is 13.2. The van der Waals surface area contributed by atoms with Gasteiger partial charge in [-0.1, -0.05) is 68.3 Å². The zero-order chi connectivity index (χ0) is 29.9. The van der Waals surface area contributed by atoms with Crippen molar-refractivity contribution < 1.29 is 14.3 Å². The highest BCUT2D eigenvalue weighted by molar-refractivity contribution is 5.82. The molecule has 7 rings (SSSR count). The van der Waals surface area contributed by atoms with Crippen molar-refractivity contribution in [2.45, 2.75) is 110 Å². The highest BCUT2D eigenvalue weighted by Crippen LogP contribution is 2.65. The predicted octanol–water partition coefficient (Wildman–Crippen LogP) is 6.67. The smallest absolute Gasteiger partial charge is 0.220 e. The van der Waals surface area contributed by atoms with Gasteiger partial charge in [0.15, 0.2) is 0 Å². The molecule has 0 aromatic heterocycles. The molecule has 1 spiro atoms. The van der Waals surface area contributed by atoms with E-state index >= 15 is 0 Å². The van der Waals surface area contributed by atoms with Gasteiger partial charge in [0.25, 0.3) is 0 Å². The van der Waals surface area contributed by atoms with Gasteiger partial charge in [-0.05, 0) is 92.1 Å². The van der Waals surface area contributed by atoms with Gasteiger partial charge in [0.2, 0.25) is 5.91 Å². The van der Waals surface area contributed by atoms with Crippen LogP contribution < -0.4 is 5.32 Å². The highest BCUT2D eigenvalue weighted by atomic mass is 16.5. The second-order valence-electron chi connectivity index (χ2n) is 15.4. The summed E-state index contributed by atoms with van der Waals surface area (Å²) in [6.45, 7) is 12.4. The molecular formula is C38H52N2O3. The van der Waals surface area contributed by atoms with E-state index in [2.05, 4.69) is 56.1 Å². The zero-order valence-electron chi connectivity index (χ0n) is 26.9. The quantitative estimate of drug-likeness (QED) is 0.380. The van der Waals surface area contributed by atoms with E-state index in [-0.39, 0.29) is 23.0 Å². The van der Waals surface area contributed by atoms with Crippen molar-refractivity contribution in [3.8, 4) is 0 Å². The lowest BCUT2D eigenvalue weighted by Crippen LogP contribution is -2.54. The van der Waals surface area contributed by atoms with Crippen LogP contribution in [0.4, 0.5) is 0 Å². The zero-order valence-corrected chi connectivity index (χ0v) is 26.9. The first-order valence-electron chi connectivity index (χ1n) is 17.3. The van der Waals surface area contributed by atoms with E-state index < -0.39 is 0 Å². The molecular weight excluding hydrogens is 532 g/mol. The molecule has 4 aliphatic carbocycles. The number of carbonyl (C=O) groups is 2. The fraction of sp³-hybridized carbons (Fsp3) is 0.684. The molecule has 43 heavy (non-hydrogen) atoms. The number of Topliss-reactive ketones (excluding diaryl/α,β-unsaturated/α-hetero) is 1. The summed E-state index contributed by atoms with van der Waals surface area (Å²) in [4.78, 5) is 27.6. The van der Waals surface area contributed by atoms with Gasteiger partial charge >= 0.3 is 0 Å². The normalized spacial score (nSPS) is 40.5. The first-order valence-corrected chi connectivity index (χ1v) is 17.3. The molecule has 1 amide bonds. The second kappa shape index (κ2) is 11.3. The maximum absolute atomic E-state index is 12.7. The van der Waals surface area contributed by atoms with Crippen molar-refractivity contribution >= 4 is 11.7 Å². The Hall–Kier alpha value is -2.24. The average Bonchev–Trinajstić information content (AvgIpc) is 3.51. The fourth-order valence-corrected chi connectivity index (χ4v) is 10.9. The molecule has 2 saturated heterocycles. The van der Waals surface area contributed by atoms with Crippen molar-refractivity contribution in [1.29, 1.82) is 0 Å². The third kappa shape index (κ3) is 4.97. The molecule has 5 heteroatoms. The molecule has 1 aromatic carbocycles. The largest absolute Gasteiger partial charge is 0.365 e. The van der Waals surface area contributed by atoms with Crippen LogP contribution in [0.15, 0.2) is 53.1 Å². The summed E-state index contributed by atoms with van der Waals surface area (Å²) in [6, 6.07) is 10.7. The van der Waals surface area contributed by atoms with Crippen molar-refractivity contribution in [3.05, 3.63) is 58.7 Å². The number of likely N-dealkylation sites (tertiary alicyclic amines) is 1. The number of benzene rings is 1. The number of hydrogen-bond acceptors (Lipinski definition) is 4. The summed E-state index contributed by atoms with van der Waals surface area (Å²) in [7, 11) is 0. The van der Waals surface area contributed by atoms with Crippen LogP contribution in [-0.2, 0) is 20.7 Å². The number of amides is 1. The Bertz CT molecular complexity index is 1320. The van der Waals surface area contributed by atoms with Crippen LogP contribution in [0.1, 0.15) is 91.0 Å². The van der Waals surface area contributed by atoms with Gasteiger partial charge in [-0.15, -0.1) is 0 Å². The number of ether oxygens (including phenoxy) is 1. The molecule has 5 nitrogen and oxygen atoms in total. The summed E-state index contributed by atoms with van der Waals surface area (Å²) in [6.07, 6.45) is 12.4. The first-order chi connectivity index (χ1) is 20.7. The molecule has 6 aliphatic rings. The Labute approximate surface area is 258 Å². The molecule has 0 bridgehead atoms. The number of hydrogen-bond donors (Lipinski definition) is 1. The van der Waals surface area contributed by atoms with E-state index in [0.29, 0.717) is 54.9 Å². The number of allylic oxidation sites excluding steroid dienone is 3. The predicted molar refractivity (Wildman–Crippen MR) is 170 cm³/mol. The molecule has 0 radical (unpaired) electrons. The van der Waals surface area contributed by atoms with Gasteiger partial charge in [-0.25, -0.2) is 0 Å². The Morgan fingerprint density at radius 1 is 1.16 bits per heavy atom. The summed E-state index contributed by atoms with van der Waals surface area (Å²) >= 11 is 0. The van der Waals surface area contributed by atoms with Crippen molar-refractivity contribution in [3.63, 3.8) is 0 Å². The van der Waals surface area contributed by atoms with E-state index in [1.807, 2.05) is 18.2 Å². The van der Waals surface area contributed by atoms with E-state index in [9.17, 15) is 9.59 Å². The Morgan fingerprint density at radius 2 is 1.98 bits per heavy atom. The lowest BCUT2D eigenvalue weighted by atomic mass is 9.57. The fourth-order valence-electron chi connectivity index (χ4n) is 10.9. The minimum absolute atomic E-state index is 0.146. The number of nitrogens with zero attached hydrogens (tertiary/aromatic N) is 1. The van der Waals surface area contributed by atoms with Crippen LogP contribution in [0.2, 0.25) is 0 Å².